The number of aromatic amines is 1. The highest BCUT2D eigenvalue weighted by molar-refractivity contribution is 5.93. The molecule has 26 heavy (non-hydrogen) atoms. The number of para-hydroxylation sites is 2. The first-order valence-corrected chi connectivity index (χ1v) is 9.07. The van der Waals surface area contributed by atoms with Crippen LogP contribution >= 0.6 is 12.4 Å². The number of H-pyrrole nitrogens is 1. The molecular formula is C21H26ClN3O. The second-order valence-corrected chi connectivity index (χ2v) is 6.42. The molecule has 1 heterocycles. The van der Waals surface area contributed by atoms with Crippen molar-refractivity contribution in [3.63, 3.8) is 0 Å². The number of imidazole rings is 1. The molecule has 0 bridgehead atoms. The Morgan fingerprint density at radius 1 is 1.15 bits per heavy atom. The summed E-state index contributed by atoms with van der Waals surface area (Å²) < 4.78 is 0. The highest BCUT2D eigenvalue weighted by Crippen LogP contribution is 2.24. The lowest BCUT2D eigenvalue weighted by atomic mass is 9.98. The molecule has 0 aliphatic carbocycles. The number of nitrogens with zero attached hydrogens (tertiary/aromatic N) is 1. The van der Waals surface area contributed by atoms with Gasteiger partial charge in [0.15, 0.2) is 0 Å². The van der Waals surface area contributed by atoms with Crippen molar-refractivity contribution in [2.45, 2.75) is 39.5 Å². The smallest absolute Gasteiger partial charge is 0.227 e. The Kier molecular flexibility index (Phi) is 7.22. The molecule has 0 fully saturated rings. The van der Waals surface area contributed by atoms with Gasteiger partial charge < -0.3 is 10.3 Å². The van der Waals surface area contributed by atoms with Gasteiger partial charge in [0.2, 0.25) is 5.91 Å². The molecule has 0 aliphatic rings. The zero-order chi connectivity index (χ0) is 17.6. The molecule has 1 amide bonds. The molecular weight excluding hydrogens is 346 g/mol. The van der Waals surface area contributed by atoms with Gasteiger partial charge >= 0.3 is 0 Å². The maximum Gasteiger partial charge on any atom is 0.227 e. The van der Waals surface area contributed by atoms with Crippen LogP contribution in [0.2, 0.25) is 0 Å². The summed E-state index contributed by atoms with van der Waals surface area (Å²) in [6.07, 6.45) is 4.02. The molecule has 3 rings (SSSR count). The fraction of sp³-hybridized carbons (Fsp3) is 0.333. The number of amides is 1. The van der Waals surface area contributed by atoms with E-state index in [1.54, 1.807) is 0 Å². The van der Waals surface area contributed by atoms with Crippen molar-refractivity contribution < 1.29 is 4.79 Å². The number of hydrogen-bond donors (Lipinski definition) is 2. The molecule has 5 heteroatoms. The molecule has 0 saturated carbocycles. The Morgan fingerprint density at radius 2 is 1.96 bits per heavy atom. The predicted octanol–water partition coefficient (Wildman–Crippen LogP) is 5.81. The average molecular weight is 372 g/mol. The molecule has 1 aromatic heterocycles. The first-order chi connectivity index (χ1) is 12.2. The van der Waals surface area contributed by atoms with Crippen molar-refractivity contribution in [3.05, 3.63) is 48.5 Å². The summed E-state index contributed by atoms with van der Waals surface area (Å²) in [7, 11) is 0. The fourth-order valence-corrected chi connectivity index (χ4v) is 3.05. The molecule has 2 aromatic carbocycles. The molecule has 138 valence electrons. The van der Waals surface area contributed by atoms with Crippen LogP contribution in [0.3, 0.4) is 0 Å². The van der Waals surface area contributed by atoms with Gasteiger partial charge in [0, 0.05) is 17.2 Å². The van der Waals surface area contributed by atoms with Crippen LogP contribution < -0.4 is 5.32 Å². The number of fused-ring (bicyclic) bond motifs is 1. The maximum absolute atomic E-state index is 12.5. The van der Waals surface area contributed by atoms with E-state index in [-0.39, 0.29) is 24.2 Å². The molecule has 0 saturated heterocycles. The van der Waals surface area contributed by atoms with Crippen molar-refractivity contribution >= 4 is 35.0 Å². The van der Waals surface area contributed by atoms with Gasteiger partial charge in [-0.2, -0.15) is 0 Å². The third kappa shape index (κ3) is 4.64. The molecule has 1 unspecified atom stereocenters. The van der Waals surface area contributed by atoms with E-state index in [1.165, 1.54) is 0 Å². The summed E-state index contributed by atoms with van der Waals surface area (Å²) in [4.78, 5) is 20.5. The summed E-state index contributed by atoms with van der Waals surface area (Å²) in [6, 6.07) is 15.8. The minimum absolute atomic E-state index is 0. The Labute approximate surface area is 160 Å². The van der Waals surface area contributed by atoms with Crippen molar-refractivity contribution in [3.8, 4) is 11.4 Å². The number of carbonyl (C=O) groups is 1. The Morgan fingerprint density at radius 3 is 2.69 bits per heavy atom. The number of nitrogens with one attached hydrogen (secondary N) is 2. The van der Waals surface area contributed by atoms with Crippen LogP contribution in [0.1, 0.15) is 39.5 Å². The Bertz CT molecular complexity index is 826. The first-order valence-electron chi connectivity index (χ1n) is 9.07. The van der Waals surface area contributed by atoms with Gasteiger partial charge in [0.05, 0.1) is 11.0 Å². The van der Waals surface area contributed by atoms with Crippen molar-refractivity contribution in [1.29, 1.82) is 0 Å². The number of unbranched alkanes of at least 4 members (excludes halogenated alkanes) is 1. The minimum atomic E-state index is 0. The first kappa shape index (κ1) is 20.0. The average Bonchev–Trinajstić information content (AvgIpc) is 3.07. The van der Waals surface area contributed by atoms with Crippen LogP contribution in [-0.2, 0) is 4.79 Å². The quantitative estimate of drug-likeness (QED) is 0.550. The zero-order valence-corrected chi connectivity index (χ0v) is 16.1. The van der Waals surface area contributed by atoms with Crippen molar-refractivity contribution in [1.82, 2.24) is 9.97 Å². The summed E-state index contributed by atoms with van der Waals surface area (Å²) in [5.41, 5.74) is 3.74. The largest absolute Gasteiger partial charge is 0.338 e. The van der Waals surface area contributed by atoms with E-state index in [0.717, 1.165) is 53.8 Å². The monoisotopic (exact) mass is 371 g/mol. The third-order valence-electron chi connectivity index (χ3n) is 4.56. The summed E-state index contributed by atoms with van der Waals surface area (Å²) >= 11 is 0. The highest BCUT2D eigenvalue weighted by atomic mass is 35.5. The SMILES string of the molecule is CCCCC(CC)C(=O)Nc1cccc(-c2nc3ccccc3[nH]2)c1.Cl. The summed E-state index contributed by atoms with van der Waals surface area (Å²) in [5, 5.41) is 3.07. The van der Waals surface area contributed by atoms with E-state index in [0.29, 0.717) is 0 Å². The number of benzene rings is 2. The van der Waals surface area contributed by atoms with Crippen LogP contribution in [0.5, 0.6) is 0 Å². The zero-order valence-electron chi connectivity index (χ0n) is 15.3. The standard InChI is InChI=1S/C21H25N3O.ClH/c1-3-5-9-15(4-2)21(25)22-17-11-8-10-16(14-17)20-23-18-12-6-7-13-19(18)24-20;/h6-8,10-15H,3-5,9H2,1-2H3,(H,22,25)(H,23,24);1H. The van der Waals surface area contributed by atoms with Gasteiger partial charge in [-0.15, -0.1) is 12.4 Å². The van der Waals surface area contributed by atoms with E-state index < -0.39 is 0 Å². The highest BCUT2D eigenvalue weighted by Gasteiger charge is 2.16. The number of halogens is 1. The topological polar surface area (TPSA) is 57.8 Å². The van der Waals surface area contributed by atoms with E-state index in [2.05, 4.69) is 29.1 Å². The summed E-state index contributed by atoms with van der Waals surface area (Å²) in [5.74, 6) is 1.00. The number of carbonyl (C=O) groups excluding carboxylic acids is 1. The maximum atomic E-state index is 12.5. The molecule has 0 aliphatic heterocycles. The van der Waals surface area contributed by atoms with E-state index >= 15 is 0 Å². The van der Waals surface area contributed by atoms with Gasteiger partial charge in [-0.05, 0) is 37.1 Å². The second-order valence-electron chi connectivity index (χ2n) is 6.42. The fourth-order valence-electron chi connectivity index (χ4n) is 3.05. The molecule has 1 atom stereocenters. The minimum Gasteiger partial charge on any atom is -0.338 e. The summed E-state index contributed by atoms with van der Waals surface area (Å²) in [6.45, 7) is 4.23. The van der Waals surface area contributed by atoms with Crippen LogP contribution in [0.15, 0.2) is 48.5 Å². The van der Waals surface area contributed by atoms with Crippen molar-refractivity contribution in [2.75, 3.05) is 5.32 Å². The van der Waals surface area contributed by atoms with Crippen LogP contribution in [0.25, 0.3) is 22.4 Å². The van der Waals surface area contributed by atoms with Crippen LogP contribution in [0.4, 0.5) is 5.69 Å². The van der Waals surface area contributed by atoms with Gasteiger partial charge in [-0.3, -0.25) is 4.79 Å². The number of aromatic nitrogens is 2. The van der Waals surface area contributed by atoms with Gasteiger partial charge in [-0.1, -0.05) is 51.0 Å². The van der Waals surface area contributed by atoms with E-state index in [9.17, 15) is 4.79 Å². The number of anilines is 1. The Hall–Kier alpha value is -2.33. The van der Waals surface area contributed by atoms with Gasteiger partial charge in [0.25, 0.3) is 0 Å². The molecule has 2 N–H and O–H groups in total. The number of rotatable bonds is 7. The van der Waals surface area contributed by atoms with E-state index in [1.807, 2.05) is 48.5 Å². The van der Waals surface area contributed by atoms with Gasteiger partial charge in [-0.25, -0.2) is 4.98 Å². The third-order valence-corrected chi connectivity index (χ3v) is 4.56. The molecule has 0 spiro atoms. The van der Waals surface area contributed by atoms with Crippen molar-refractivity contribution in [2.24, 2.45) is 5.92 Å². The lowest BCUT2D eigenvalue weighted by molar-refractivity contribution is -0.120. The van der Waals surface area contributed by atoms with Crippen LogP contribution in [0, 0.1) is 5.92 Å². The lowest BCUT2D eigenvalue weighted by Crippen LogP contribution is -2.22. The predicted molar refractivity (Wildman–Crippen MR) is 111 cm³/mol. The molecule has 4 nitrogen and oxygen atoms in total. The molecule has 0 radical (unpaired) electrons. The lowest BCUT2D eigenvalue weighted by Gasteiger charge is -2.15. The second kappa shape index (κ2) is 9.39. The van der Waals surface area contributed by atoms with Gasteiger partial charge in [0.1, 0.15) is 5.82 Å². The Balaban J connectivity index is 0.00000243. The van der Waals surface area contributed by atoms with E-state index in [4.69, 9.17) is 0 Å². The van der Waals surface area contributed by atoms with Crippen LogP contribution in [-0.4, -0.2) is 15.9 Å². The number of hydrogen-bond acceptors (Lipinski definition) is 2. The normalized spacial score (nSPS) is 11.8. The molecule has 3 aromatic rings.